The van der Waals surface area contributed by atoms with Crippen LogP contribution in [0.15, 0.2) is 42.7 Å². The average molecular weight is 349 g/mol. The van der Waals surface area contributed by atoms with Gasteiger partial charge in [0, 0.05) is 38.0 Å². The van der Waals surface area contributed by atoms with E-state index in [0.717, 1.165) is 27.8 Å². The van der Waals surface area contributed by atoms with E-state index in [1.807, 2.05) is 33.0 Å². The molecule has 1 aromatic heterocycles. The molecule has 1 aliphatic rings. The Morgan fingerprint density at radius 2 is 1.96 bits per heavy atom. The first-order valence-corrected chi connectivity index (χ1v) is 8.61. The van der Waals surface area contributed by atoms with Gasteiger partial charge in [-0.2, -0.15) is 5.10 Å². The average Bonchev–Trinajstić information content (AvgIpc) is 3.25. The molecule has 4 rings (SSSR count). The zero-order valence-corrected chi connectivity index (χ0v) is 15.1. The first-order valence-electron chi connectivity index (χ1n) is 8.61. The van der Waals surface area contributed by atoms with E-state index in [0.29, 0.717) is 24.2 Å². The van der Waals surface area contributed by atoms with Crippen molar-refractivity contribution in [1.82, 2.24) is 14.7 Å². The summed E-state index contributed by atoms with van der Waals surface area (Å²) in [5.41, 5.74) is 6.39. The highest BCUT2D eigenvalue weighted by Gasteiger charge is 2.27. The summed E-state index contributed by atoms with van der Waals surface area (Å²) in [4.78, 5) is 14.1. The number of fused-ring (bicyclic) bond motifs is 1. The van der Waals surface area contributed by atoms with E-state index in [2.05, 4.69) is 5.10 Å². The van der Waals surface area contributed by atoms with Crippen molar-refractivity contribution in [2.45, 2.75) is 26.8 Å². The minimum atomic E-state index is -0.265. The molecular formula is C21H20FN3O. The molecule has 2 heterocycles. The maximum atomic E-state index is 14.7. The van der Waals surface area contributed by atoms with Gasteiger partial charge in [-0.15, -0.1) is 0 Å². The molecule has 0 saturated carbocycles. The molecule has 3 aromatic rings. The molecule has 0 unspecified atom stereocenters. The Kier molecular flexibility index (Phi) is 3.87. The van der Waals surface area contributed by atoms with Crippen molar-refractivity contribution in [1.29, 1.82) is 0 Å². The fourth-order valence-corrected chi connectivity index (χ4v) is 3.58. The van der Waals surface area contributed by atoms with Crippen LogP contribution in [0.25, 0.3) is 5.69 Å². The second-order valence-electron chi connectivity index (χ2n) is 6.88. The van der Waals surface area contributed by atoms with Crippen LogP contribution in [0.2, 0.25) is 0 Å². The van der Waals surface area contributed by atoms with Gasteiger partial charge in [-0.25, -0.2) is 9.07 Å². The van der Waals surface area contributed by atoms with E-state index < -0.39 is 0 Å². The fourth-order valence-electron chi connectivity index (χ4n) is 3.58. The van der Waals surface area contributed by atoms with Gasteiger partial charge in [0.05, 0.1) is 5.69 Å². The highest BCUT2D eigenvalue weighted by atomic mass is 19.1. The van der Waals surface area contributed by atoms with Gasteiger partial charge in [-0.3, -0.25) is 4.79 Å². The predicted octanol–water partition coefficient (Wildman–Crippen LogP) is 3.80. The van der Waals surface area contributed by atoms with Crippen molar-refractivity contribution < 1.29 is 9.18 Å². The zero-order chi connectivity index (χ0) is 18.4. The first kappa shape index (κ1) is 16.5. The van der Waals surface area contributed by atoms with Gasteiger partial charge in [-0.1, -0.05) is 6.07 Å². The molecule has 1 amide bonds. The number of amides is 1. The Labute approximate surface area is 151 Å². The van der Waals surface area contributed by atoms with Crippen LogP contribution in [0.5, 0.6) is 0 Å². The molecule has 26 heavy (non-hydrogen) atoms. The molecule has 1 aliphatic heterocycles. The van der Waals surface area contributed by atoms with Gasteiger partial charge in [0.15, 0.2) is 0 Å². The van der Waals surface area contributed by atoms with E-state index in [4.69, 9.17) is 0 Å². The molecule has 0 atom stereocenters. The van der Waals surface area contributed by atoms with Gasteiger partial charge in [0.1, 0.15) is 5.82 Å². The van der Waals surface area contributed by atoms with E-state index in [1.54, 1.807) is 34.1 Å². The number of carbonyl (C=O) groups excluding carboxylic acids is 1. The summed E-state index contributed by atoms with van der Waals surface area (Å²) in [5.74, 6) is -0.224. The van der Waals surface area contributed by atoms with Gasteiger partial charge in [-0.05, 0) is 65.9 Å². The third-order valence-corrected chi connectivity index (χ3v) is 5.30. The summed E-state index contributed by atoms with van der Waals surface area (Å²) in [6.45, 7) is 4.74. The minimum absolute atomic E-state index is 0.0406. The monoisotopic (exact) mass is 349 g/mol. The number of benzene rings is 2. The largest absolute Gasteiger partial charge is 0.337 e. The molecule has 132 valence electrons. The standard InChI is InChI=1S/C21H20FN3O/c1-13-14(2)19-12-24(3)21(26)18(19)10-16(13)9-15-5-6-17(11-20(15)22)25-8-4-7-23-25/h4-8,10-11H,9,12H2,1-3H3. The fraction of sp³-hybridized carbons (Fsp3) is 0.238. The number of aromatic nitrogens is 2. The number of hydrogen-bond donors (Lipinski definition) is 0. The highest BCUT2D eigenvalue weighted by Crippen LogP contribution is 2.31. The normalized spacial score (nSPS) is 13.4. The second-order valence-corrected chi connectivity index (χ2v) is 6.88. The topological polar surface area (TPSA) is 38.1 Å². The minimum Gasteiger partial charge on any atom is -0.337 e. The molecular weight excluding hydrogens is 329 g/mol. The second kappa shape index (κ2) is 6.09. The van der Waals surface area contributed by atoms with Crippen molar-refractivity contribution >= 4 is 5.91 Å². The molecule has 0 N–H and O–H groups in total. The third-order valence-electron chi connectivity index (χ3n) is 5.30. The van der Waals surface area contributed by atoms with Crippen LogP contribution in [-0.4, -0.2) is 27.6 Å². The van der Waals surface area contributed by atoms with Crippen LogP contribution < -0.4 is 0 Å². The summed E-state index contributed by atoms with van der Waals surface area (Å²) < 4.78 is 16.3. The Bertz CT molecular complexity index is 1010. The van der Waals surface area contributed by atoms with Crippen LogP contribution in [-0.2, 0) is 13.0 Å². The molecule has 0 fully saturated rings. The van der Waals surface area contributed by atoms with Crippen molar-refractivity contribution in [3.63, 3.8) is 0 Å². The Morgan fingerprint density at radius 3 is 2.65 bits per heavy atom. The van der Waals surface area contributed by atoms with Crippen LogP contribution in [0.1, 0.15) is 38.2 Å². The summed E-state index contributed by atoms with van der Waals surface area (Å²) >= 11 is 0. The number of hydrogen-bond acceptors (Lipinski definition) is 2. The number of rotatable bonds is 3. The number of nitrogens with zero attached hydrogens (tertiary/aromatic N) is 3. The van der Waals surface area contributed by atoms with Crippen LogP contribution in [0.3, 0.4) is 0 Å². The smallest absolute Gasteiger partial charge is 0.254 e. The molecule has 0 saturated heterocycles. The summed E-state index contributed by atoms with van der Waals surface area (Å²) in [6, 6.07) is 8.89. The molecule has 2 aromatic carbocycles. The van der Waals surface area contributed by atoms with Gasteiger partial charge >= 0.3 is 0 Å². The maximum absolute atomic E-state index is 14.7. The maximum Gasteiger partial charge on any atom is 0.254 e. The van der Waals surface area contributed by atoms with Crippen molar-refractivity contribution in [2.24, 2.45) is 0 Å². The van der Waals surface area contributed by atoms with E-state index in [1.165, 1.54) is 6.07 Å². The summed E-state index contributed by atoms with van der Waals surface area (Å²) in [5, 5.41) is 4.13. The lowest BCUT2D eigenvalue weighted by Gasteiger charge is -2.14. The molecule has 5 heteroatoms. The molecule has 4 nitrogen and oxygen atoms in total. The van der Waals surface area contributed by atoms with Gasteiger partial charge in [0.25, 0.3) is 5.91 Å². The molecule has 0 radical (unpaired) electrons. The van der Waals surface area contributed by atoms with E-state index >= 15 is 0 Å². The van der Waals surface area contributed by atoms with E-state index in [9.17, 15) is 9.18 Å². The number of carbonyl (C=O) groups is 1. The van der Waals surface area contributed by atoms with Crippen LogP contribution >= 0.6 is 0 Å². The molecule has 0 bridgehead atoms. The van der Waals surface area contributed by atoms with Crippen molar-refractivity contribution in [3.05, 3.63) is 81.9 Å². The van der Waals surface area contributed by atoms with E-state index in [-0.39, 0.29) is 11.7 Å². The highest BCUT2D eigenvalue weighted by molar-refractivity contribution is 5.99. The lowest BCUT2D eigenvalue weighted by Crippen LogP contribution is -2.17. The lowest BCUT2D eigenvalue weighted by molar-refractivity contribution is 0.0816. The molecule has 0 aliphatic carbocycles. The SMILES string of the molecule is Cc1c(Cc2ccc(-n3cccn3)cc2F)cc2c(c1C)CN(C)C2=O. The Hall–Kier alpha value is -2.95. The zero-order valence-electron chi connectivity index (χ0n) is 15.1. The van der Waals surface area contributed by atoms with Crippen molar-refractivity contribution in [3.8, 4) is 5.69 Å². The van der Waals surface area contributed by atoms with Crippen molar-refractivity contribution in [2.75, 3.05) is 7.05 Å². The lowest BCUT2D eigenvalue weighted by atomic mass is 9.91. The Morgan fingerprint density at radius 1 is 1.15 bits per heavy atom. The van der Waals surface area contributed by atoms with Crippen LogP contribution in [0, 0.1) is 19.7 Å². The summed E-state index contributed by atoms with van der Waals surface area (Å²) in [7, 11) is 1.81. The third kappa shape index (κ3) is 2.60. The molecule has 0 spiro atoms. The van der Waals surface area contributed by atoms with Crippen LogP contribution in [0.4, 0.5) is 4.39 Å². The summed E-state index contributed by atoms with van der Waals surface area (Å²) in [6.07, 6.45) is 3.91. The predicted molar refractivity (Wildman–Crippen MR) is 98.0 cm³/mol. The first-order chi connectivity index (χ1) is 12.5. The van der Waals surface area contributed by atoms with Gasteiger partial charge < -0.3 is 4.90 Å². The quantitative estimate of drug-likeness (QED) is 0.721. The Balaban J connectivity index is 1.70. The number of halogens is 1. The van der Waals surface area contributed by atoms with Gasteiger partial charge in [0.2, 0.25) is 0 Å².